The second-order valence-corrected chi connectivity index (χ2v) is 4.96. The first-order valence-electron chi connectivity index (χ1n) is 6.25. The average Bonchev–Trinajstić information content (AvgIpc) is 2.37. The van der Waals surface area contributed by atoms with Crippen LogP contribution < -0.4 is 4.90 Å². The Bertz CT molecular complexity index is 515. The molecule has 0 spiro atoms. The van der Waals surface area contributed by atoms with Gasteiger partial charge < -0.3 is 10.0 Å². The number of hydrogen-bond acceptors (Lipinski definition) is 4. The van der Waals surface area contributed by atoms with Crippen molar-refractivity contribution >= 4 is 17.3 Å². The van der Waals surface area contributed by atoms with E-state index in [4.69, 9.17) is 0 Å². The first kappa shape index (κ1) is 13.3. The van der Waals surface area contributed by atoms with E-state index in [9.17, 15) is 20.0 Å². The SMILES string of the molecule is C[C@H]1CCCN(c2ccc([N+](=O)[O-])cc2C(=O)O)C1. The number of nitro groups is 1. The van der Waals surface area contributed by atoms with E-state index in [1.54, 1.807) is 6.07 Å². The van der Waals surface area contributed by atoms with Gasteiger partial charge in [-0.25, -0.2) is 4.79 Å². The number of nitrogens with zero attached hydrogens (tertiary/aromatic N) is 2. The molecule has 0 unspecified atom stereocenters. The predicted molar refractivity (Wildman–Crippen MR) is 70.7 cm³/mol. The fraction of sp³-hybridized carbons (Fsp3) is 0.462. The summed E-state index contributed by atoms with van der Waals surface area (Å²) in [5.41, 5.74) is 0.388. The third kappa shape index (κ3) is 2.83. The molecule has 1 heterocycles. The highest BCUT2D eigenvalue weighted by molar-refractivity contribution is 5.95. The van der Waals surface area contributed by atoms with Crippen molar-refractivity contribution in [3.05, 3.63) is 33.9 Å². The molecule has 0 amide bonds. The molecule has 1 aromatic rings. The number of carbonyl (C=O) groups is 1. The lowest BCUT2D eigenvalue weighted by Crippen LogP contribution is -2.35. The number of non-ortho nitro benzene ring substituents is 1. The summed E-state index contributed by atoms with van der Waals surface area (Å²) < 4.78 is 0. The number of carboxylic acids is 1. The maximum atomic E-state index is 11.3. The Hall–Kier alpha value is -2.11. The smallest absolute Gasteiger partial charge is 0.338 e. The third-order valence-electron chi connectivity index (χ3n) is 3.42. The van der Waals surface area contributed by atoms with Crippen molar-refractivity contribution in [1.82, 2.24) is 0 Å². The molecule has 1 aliphatic heterocycles. The molecule has 0 saturated carbocycles. The van der Waals surface area contributed by atoms with Gasteiger partial charge in [0.25, 0.3) is 5.69 Å². The molecule has 1 aliphatic rings. The Morgan fingerprint density at radius 3 is 2.84 bits per heavy atom. The lowest BCUT2D eigenvalue weighted by atomic mass is 9.98. The molecule has 19 heavy (non-hydrogen) atoms. The molecule has 6 nitrogen and oxygen atoms in total. The molecule has 1 aromatic carbocycles. The second-order valence-electron chi connectivity index (χ2n) is 4.96. The number of piperidine rings is 1. The number of hydrogen-bond donors (Lipinski definition) is 1. The zero-order chi connectivity index (χ0) is 14.0. The van der Waals surface area contributed by atoms with Crippen molar-refractivity contribution < 1.29 is 14.8 Å². The molecule has 6 heteroatoms. The fourth-order valence-electron chi connectivity index (χ4n) is 2.49. The standard InChI is InChI=1S/C13H16N2O4/c1-9-3-2-6-14(8-9)12-5-4-10(15(18)19)7-11(12)13(16)17/h4-5,7,9H,2-3,6,8H2,1H3,(H,16,17)/t9-/m0/s1. The highest BCUT2D eigenvalue weighted by Gasteiger charge is 2.23. The summed E-state index contributed by atoms with van der Waals surface area (Å²) in [6.45, 7) is 3.71. The molecule has 0 radical (unpaired) electrons. The van der Waals surface area contributed by atoms with Gasteiger partial charge in [-0.2, -0.15) is 0 Å². The summed E-state index contributed by atoms with van der Waals surface area (Å²) in [5.74, 6) is -0.623. The average molecular weight is 264 g/mol. The molecule has 2 rings (SSSR count). The van der Waals surface area contributed by atoms with Crippen LogP contribution in [0.2, 0.25) is 0 Å². The zero-order valence-electron chi connectivity index (χ0n) is 10.7. The summed E-state index contributed by atoms with van der Waals surface area (Å²) in [5, 5.41) is 19.9. The summed E-state index contributed by atoms with van der Waals surface area (Å²) in [6.07, 6.45) is 2.14. The molecule has 1 N–H and O–H groups in total. The van der Waals surface area contributed by atoms with E-state index in [0.29, 0.717) is 11.6 Å². The zero-order valence-corrected chi connectivity index (χ0v) is 10.7. The van der Waals surface area contributed by atoms with Crippen molar-refractivity contribution in [2.24, 2.45) is 5.92 Å². The van der Waals surface area contributed by atoms with Crippen LogP contribution in [0, 0.1) is 16.0 Å². The van der Waals surface area contributed by atoms with Gasteiger partial charge in [-0.3, -0.25) is 10.1 Å². The third-order valence-corrected chi connectivity index (χ3v) is 3.42. The van der Waals surface area contributed by atoms with Gasteiger partial charge in [-0.05, 0) is 24.8 Å². The largest absolute Gasteiger partial charge is 0.478 e. The number of nitro benzene ring substituents is 1. The maximum Gasteiger partial charge on any atom is 0.338 e. The van der Waals surface area contributed by atoms with Gasteiger partial charge in [0.15, 0.2) is 0 Å². The molecule has 1 fully saturated rings. The van der Waals surface area contributed by atoms with Crippen molar-refractivity contribution in [2.45, 2.75) is 19.8 Å². The summed E-state index contributed by atoms with van der Waals surface area (Å²) in [7, 11) is 0. The number of aromatic carboxylic acids is 1. The molecule has 102 valence electrons. The van der Waals surface area contributed by atoms with Crippen LogP contribution in [-0.2, 0) is 0 Å². The highest BCUT2D eigenvalue weighted by Crippen LogP contribution is 2.29. The summed E-state index contributed by atoms with van der Waals surface area (Å²) >= 11 is 0. The molecule has 0 bridgehead atoms. The minimum Gasteiger partial charge on any atom is -0.478 e. The van der Waals surface area contributed by atoms with Crippen LogP contribution in [-0.4, -0.2) is 29.1 Å². The fourth-order valence-corrected chi connectivity index (χ4v) is 2.49. The van der Waals surface area contributed by atoms with Crippen molar-refractivity contribution in [3.63, 3.8) is 0 Å². The van der Waals surface area contributed by atoms with E-state index in [-0.39, 0.29) is 11.3 Å². The van der Waals surface area contributed by atoms with Gasteiger partial charge in [0.1, 0.15) is 0 Å². The molecular weight excluding hydrogens is 248 g/mol. The van der Waals surface area contributed by atoms with Gasteiger partial charge in [-0.1, -0.05) is 6.92 Å². The number of benzene rings is 1. The van der Waals surface area contributed by atoms with Gasteiger partial charge in [0, 0.05) is 25.2 Å². The Labute approximate surface area is 110 Å². The van der Waals surface area contributed by atoms with Crippen LogP contribution in [0.5, 0.6) is 0 Å². The number of anilines is 1. The Balaban J connectivity index is 2.38. The van der Waals surface area contributed by atoms with Gasteiger partial charge in [0.2, 0.25) is 0 Å². The van der Waals surface area contributed by atoms with Crippen LogP contribution in [0.4, 0.5) is 11.4 Å². The first-order chi connectivity index (χ1) is 8.99. The van der Waals surface area contributed by atoms with E-state index in [1.165, 1.54) is 6.07 Å². The van der Waals surface area contributed by atoms with Crippen molar-refractivity contribution in [1.29, 1.82) is 0 Å². The van der Waals surface area contributed by atoms with Crippen LogP contribution in [0.15, 0.2) is 18.2 Å². The van der Waals surface area contributed by atoms with E-state index in [2.05, 4.69) is 6.92 Å². The Kier molecular flexibility index (Phi) is 3.69. The lowest BCUT2D eigenvalue weighted by Gasteiger charge is -2.33. The van der Waals surface area contributed by atoms with Crippen LogP contribution in [0.1, 0.15) is 30.1 Å². The first-order valence-corrected chi connectivity index (χ1v) is 6.25. The normalized spacial score (nSPS) is 19.2. The van der Waals surface area contributed by atoms with E-state index < -0.39 is 10.9 Å². The summed E-state index contributed by atoms with van der Waals surface area (Å²) in [4.78, 5) is 23.4. The lowest BCUT2D eigenvalue weighted by molar-refractivity contribution is -0.384. The second kappa shape index (κ2) is 5.26. The topological polar surface area (TPSA) is 83.7 Å². The molecule has 1 atom stereocenters. The van der Waals surface area contributed by atoms with E-state index in [1.807, 2.05) is 4.90 Å². The van der Waals surface area contributed by atoms with Crippen LogP contribution in [0.3, 0.4) is 0 Å². The van der Waals surface area contributed by atoms with Crippen molar-refractivity contribution in [2.75, 3.05) is 18.0 Å². The van der Waals surface area contributed by atoms with Crippen LogP contribution >= 0.6 is 0 Å². The van der Waals surface area contributed by atoms with Gasteiger partial charge in [-0.15, -0.1) is 0 Å². The highest BCUT2D eigenvalue weighted by atomic mass is 16.6. The minimum atomic E-state index is -1.13. The summed E-state index contributed by atoms with van der Waals surface area (Å²) in [6, 6.07) is 4.04. The molecule has 0 aliphatic carbocycles. The number of carboxylic acid groups (broad SMARTS) is 1. The van der Waals surface area contributed by atoms with E-state index in [0.717, 1.165) is 32.0 Å². The quantitative estimate of drug-likeness (QED) is 0.670. The number of rotatable bonds is 3. The predicted octanol–water partition coefficient (Wildman–Crippen LogP) is 2.53. The Morgan fingerprint density at radius 2 is 2.26 bits per heavy atom. The van der Waals surface area contributed by atoms with E-state index >= 15 is 0 Å². The monoisotopic (exact) mass is 264 g/mol. The molecular formula is C13H16N2O4. The van der Waals surface area contributed by atoms with Crippen molar-refractivity contribution in [3.8, 4) is 0 Å². The maximum absolute atomic E-state index is 11.3. The minimum absolute atomic E-state index is 0.00306. The van der Waals surface area contributed by atoms with Gasteiger partial charge in [0.05, 0.1) is 16.2 Å². The van der Waals surface area contributed by atoms with Crippen LogP contribution in [0.25, 0.3) is 0 Å². The Morgan fingerprint density at radius 1 is 1.53 bits per heavy atom. The molecule has 0 aromatic heterocycles. The molecule has 1 saturated heterocycles. The van der Waals surface area contributed by atoms with Gasteiger partial charge >= 0.3 is 5.97 Å².